The lowest BCUT2D eigenvalue weighted by Crippen LogP contribution is -2.30. The van der Waals surface area contributed by atoms with E-state index in [-0.39, 0.29) is 17.0 Å². The molecule has 1 aliphatic rings. The fraction of sp³-hybridized carbons (Fsp3) is 0.167. The number of sulfonamides is 1. The van der Waals surface area contributed by atoms with Crippen LogP contribution in [0.1, 0.15) is 16.1 Å². The monoisotopic (exact) mass is 295 g/mol. The maximum absolute atomic E-state index is 13.2. The van der Waals surface area contributed by atoms with Crippen LogP contribution in [-0.4, -0.2) is 28.2 Å². The molecule has 3 rings (SSSR count). The molecule has 0 unspecified atom stereocenters. The maximum atomic E-state index is 13.2. The second-order valence-electron chi connectivity index (χ2n) is 4.45. The standard InChI is InChI=1S/C12H10FN3O3S/c1-15-7-14-5-9(15)6-16-12(17)10-3-2-8(13)4-11(10)20(16,18)19/h2-5,7H,6H2,1H3. The average molecular weight is 295 g/mol. The zero-order chi connectivity index (χ0) is 14.5. The van der Waals surface area contributed by atoms with Crippen molar-refractivity contribution in [3.8, 4) is 0 Å². The molecule has 8 heteroatoms. The summed E-state index contributed by atoms with van der Waals surface area (Å²) in [4.78, 5) is 15.7. The molecule has 1 aromatic carbocycles. The van der Waals surface area contributed by atoms with E-state index < -0.39 is 21.7 Å². The first kappa shape index (κ1) is 12.8. The summed E-state index contributed by atoms with van der Waals surface area (Å²) >= 11 is 0. The molecule has 0 fully saturated rings. The topological polar surface area (TPSA) is 72.3 Å². The molecule has 20 heavy (non-hydrogen) atoms. The molecule has 0 aliphatic carbocycles. The van der Waals surface area contributed by atoms with E-state index in [0.29, 0.717) is 5.69 Å². The van der Waals surface area contributed by atoms with E-state index in [1.165, 1.54) is 18.6 Å². The number of hydrogen-bond acceptors (Lipinski definition) is 4. The first-order chi connectivity index (χ1) is 9.41. The summed E-state index contributed by atoms with van der Waals surface area (Å²) in [5.41, 5.74) is 0.559. The van der Waals surface area contributed by atoms with Crippen molar-refractivity contribution in [2.75, 3.05) is 0 Å². The summed E-state index contributed by atoms with van der Waals surface area (Å²) in [6.07, 6.45) is 2.99. The number of aromatic nitrogens is 2. The van der Waals surface area contributed by atoms with Crippen LogP contribution in [0, 0.1) is 5.82 Å². The van der Waals surface area contributed by atoms with Gasteiger partial charge in [0, 0.05) is 13.2 Å². The lowest BCUT2D eigenvalue weighted by atomic mass is 10.2. The molecule has 1 aromatic heterocycles. The van der Waals surface area contributed by atoms with Gasteiger partial charge in [-0.1, -0.05) is 0 Å². The van der Waals surface area contributed by atoms with E-state index in [1.54, 1.807) is 11.6 Å². The van der Waals surface area contributed by atoms with Gasteiger partial charge >= 0.3 is 0 Å². The highest BCUT2D eigenvalue weighted by Crippen LogP contribution is 2.31. The van der Waals surface area contributed by atoms with Crippen molar-refractivity contribution in [1.29, 1.82) is 0 Å². The molecule has 1 amide bonds. The summed E-state index contributed by atoms with van der Waals surface area (Å²) in [6, 6.07) is 3.12. The third kappa shape index (κ3) is 1.72. The number of carbonyl (C=O) groups is 1. The van der Waals surface area contributed by atoms with Gasteiger partial charge in [-0.05, 0) is 18.2 Å². The number of imidazole rings is 1. The molecule has 0 N–H and O–H groups in total. The Kier molecular flexibility index (Phi) is 2.65. The molecule has 1 aliphatic heterocycles. The largest absolute Gasteiger partial charge is 0.336 e. The predicted molar refractivity (Wildman–Crippen MR) is 66.7 cm³/mol. The van der Waals surface area contributed by atoms with E-state index in [2.05, 4.69) is 4.98 Å². The Morgan fingerprint density at radius 2 is 2.10 bits per heavy atom. The molecule has 0 atom stereocenters. The average Bonchev–Trinajstić information content (AvgIpc) is 2.86. The Bertz CT molecular complexity index is 813. The van der Waals surface area contributed by atoms with Gasteiger partial charge in [-0.3, -0.25) is 4.79 Å². The number of carbonyl (C=O) groups excluding carboxylic acids is 1. The number of amides is 1. The van der Waals surface area contributed by atoms with Crippen LogP contribution in [0.5, 0.6) is 0 Å². The van der Waals surface area contributed by atoms with Crippen molar-refractivity contribution in [3.05, 3.63) is 47.8 Å². The smallest absolute Gasteiger partial charge is 0.269 e. The van der Waals surface area contributed by atoms with Crippen LogP contribution in [0.4, 0.5) is 4.39 Å². The minimum atomic E-state index is -4.01. The summed E-state index contributed by atoms with van der Waals surface area (Å²) in [7, 11) is -2.31. The summed E-state index contributed by atoms with van der Waals surface area (Å²) in [6.45, 7) is -0.131. The molecule has 0 spiro atoms. The molecule has 0 radical (unpaired) electrons. The van der Waals surface area contributed by atoms with Crippen molar-refractivity contribution in [1.82, 2.24) is 13.9 Å². The number of fused-ring (bicyclic) bond motifs is 1. The Labute approximate surface area is 114 Å². The van der Waals surface area contributed by atoms with E-state index in [4.69, 9.17) is 0 Å². The van der Waals surface area contributed by atoms with Gasteiger partial charge < -0.3 is 4.57 Å². The fourth-order valence-electron chi connectivity index (χ4n) is 2.09. The van der Waals surface area contributed by atoms with Gasteiger partial charge in [-0.2, -0.15) is 0 Å². The van der Waals surface area contributed by atoms with Gasteiger partial charge in [0.2, 0.25) is 0 Å². The molecule has 0 saturated heterocycles. The Hall–Kier alpha value is -2.22. The van der Waals surface area contributed by atoms with Gasteiger partial charge in [-0.15, -0.1) is 0 Å². The second kappa shape index (κ2) is 4.14. The van der Waals surface area contributed by atoms with Gasteiger partial charge in [0.25, 0.3) is 15.9 Å². The summed E-state index contributed by atoms with van der Waals surface area (Å²) in [5.74, 6) is -1.34. The molecule has 0 bridgehead atoms. The lowest BCUT2D eigenvalue weighted by Gasteiger charge is -2.14. The van der Waals surface area contributed by atoms with Crippen LogP contribution < -0.4 is 0 Å². The molecular formula is C12H10FN3O3S. The van der Waals surface area contributed by atoms with Crippen molar-refractivity contribution in [2.24, 2.45) is 7.05 Å². The third-order valence-electron chi connectivity index (χ3n) is 3.19. The van der Waals surface area contributed by atoms with Crippen LogP contribution in [0.3, 0.4) is 0 Å². The van der Waals surface area contributed by atoms with Crippen molar-refractivity contribution in [3.63, 3.8) is 0 Å². The quantitative estimate of drug-likeness (QED) is 0.825. The molecular weight excluding hydrogens is 285 g/mol. The van der Waals surface area contributed by atoms with E-state index in [0.717, 1.165) is 16.4 Å². The molecule has 2 aromatic rings. The maximum Gasteiger partial charge on any atom is 0.269 e. The zero-order valence-corrected chi connectivity index (χ0v) is 11.3. The Morgan fingerprint density at radius 1 is 1.35 bits per heavy atom. The van der Waals surface area contributed by atoms with E-state index >= 15 is 0 Å². The highest BCUT2D eigenvalue weighted by Gasteiger charge is 2.41. The van der Waals surface area contributed by atoms with Crippen LogP contribution in [0.2, 0.25) is 0 Å². The summed E-state index contributed by atoms with van der Waals surface area (Å²) in [5, 5.41) is 0. The molecule has 2 heterocycles. The van der Waals surface area contributed by atoms with Crippen LogP contribution in [0.15, 0.2) is 35.6 Å². The number of rotatable bonds is 2. The predicted octanol–water partition coefficient (Wildman–Crippen LogP) is 0.904. The van der Waals surface area contributed by atoms with Crippen molar-refractivity contribution < 1.29 is 17.6 Å². The van der Waals surface area contributed by atoms with Gasteiger partial charge in [0.1, 0.15) is 10.7 Å². The fourth-order valence-corrected chi connectivity index (χ4v) is 3.64. The van der Waals surface area contributed by atoms with E-state index in [9.17, 15) is 17.6 Å². The normalized spacial score (nSPS) is 16.5. The highest BCUT2D eigenvalue weighted by atomic mass is 32.2. The minimum Gasteiger partial charge on any atom is -0.336 e. The Balaban J connectivity index is 2.08. The molecule has 104 valence electrons. The lowest BCUT2D eigenvalue weighted by molar-refractivity contribution is 0.0863. The van der Waals surface area contributed by atoms with Gasteiger partial charge in [0.05, 0.1) is 24.1 Å². The SMILES string of the molecule is Cn1cncc1CN1C(=O)c2ccc(F)cc2S1(=O)=O. The number of aryl methyl sites for hydroxylation is 1. The first-order valence-corrected chi connectivity index (χ1v) is 7.17. The van der Waals surface area contributed by atoms with Crippen molar-refractivity contribution >= 4 is 15.9 Å². The van der Waals surface area contributed by atoms with Crippen molar-refractivity contribution in [2.45, 2.75) is 11.4 Å². The van der Waals surface area contributed by atoms with Crippen LogP contribution >= 0.6 is 0 Å². The minimum absolute atomic E-state index is 0.00596. The van der Waals surface area contributed by atoms with Crippen LogP contribution in [-0.2, 0) is 23.6 Å². The first-order valence-electron chi connectivity index (χ1n) is 5.73. The highest BCUT2D eigenvalue weighted by molar-refractivity contribution is 7.90. The zero-order valence-electron chi connectivity index (χ0n) is 10.4. The number of benzene rings is 1. The van der Waals surface area contributed by atoms with Gasteiger partial charge in [-0.25, -0.2) is 22.1 Å². The Morgan fingerprint density at radius 3 is 2.75 bits per heavy atom. The van der Waals surface area contributed by atoms with Gasteiger partial charge in [0.15, 0.2) is 0 Å². The van der Waals surface area contributed by atoms with E-state index in [1.807, 2.05) is 0 Å². The number of nitrogens with zero attached hydrogens (tertiary/aromatic N) is 3. The van der Waals surface area contributed by atoms with Crippen LogP contribution in [0.25, 0.3) is 0 Å². The number of hydrogen-bond donors (Lipinski definition) is 0. The number of halogens is 1. The molecule has 0 saturated carbocycles. The second-order valence-corrected chi connectivity index (χ2v) is 6.28. The summed E-state index contributed by atoms with van der Waals surface area (Å²) < 4.78 is 40.1. The molecule has 6 nitrogen and oxygen atoms in total. The third-order valence-corrected chi connectivity index (χ3v) is 4.96.